The molecular weight excluding hydrogens is 583 g/mol. The summed E-state index contributed by atoms with van der Waals surface area (Å²) >= 11 is 0. The maximum Gasteiger partial charge on any atom is 0.136 e. The fourth-order valence-corrected chi connectivity index (χ4v) is 6.92. The van der Waals surface area contributed by atoms with Crippen molar-refractivity contribution >= 4 is 49.8 Å². The highest BCUT2D eigenvalue weighted by Crippen LogP contribution is 2.44. The second-order valence-corrected chi connectivity index (χ2v) is 12.2. The Kier molecular flexibility index (Phi) is 6.84. The minimum absolute atomic E-state index is 0.902. The molecule has 2 nitrogen and oxygen atoms in total. The summed E-state index contributed by atoms with van der Waals surface area (Å²) in [6.07, 6.45) is 0. The molecule has 8 aromatic carbocycles. The molecule has 1 heterocycles. The quantitative estimate of drug-likeness (QED) is 0.185. The summed E-state index contributed by atoms with van der Waals surface area (Å²) in [5.41, 5.74) is 12.2. The first-order chi connectivity index (χ1) is 23.8. The Balaban J connectivity index is 1.22. The largest absolute Gasteiger partial charge is 0.456 e. The first-order valence-electron chi connectivity index (χ1n) is 16.3. The fourth-order valence-electron chi connectivity index (χ4n) is 6.92. The number of anilines is 3. The van der Waals surface area contributed by atoms with Crippen LogP contribution in [0.4, 0.5) is 17.1 Å². The summed E-state index contributed by atoms with van der Waals surface area (Å²) in [5.74, 6) is 0. The van der Waals surface area contributed by atoms with Crippen LogP contribution < -0.4 is 4.90 Å². The minimum Gasteiger partial charge on any atom is -0.456 e. The van der Waals surface area contributed by atoms with Gasteiger partial charge in [-0.2, -0.15) is 0 Å². The number of benzene rings is 8. The smallest absolute Gasteiger partial charge is 0.136 e. The molecule has 0 fully saturated rings. The van der Waals surface area contributed by atoms with Crippen LogP contribution in [-0.4, -0.2) is 0 Å². The Bertz CT molecular complexity index is 2530. The monoisotopic (exact) mass is 613 g/mol. The van der Waals surface area contributed by atoms with Gasteiger partial charge in [0.1, 0.15) is 11.2 Å². The van der Waals surface area contributed by atoms with Gasteiger partial charge in [0, 0.05) is 27.7 Å². The lowest BCUT2D eigenvalue weighted by molar-refractivity contribution is 0.669. The standard InChI is InChI=1S/C46H31NO/c1-4-12-32(13-5-1)33-20-25-39(26-21-33)47(38-17-8-3-9-18-38)43-27-22-36(30-41(43)34-14-6-2-7-15-34)37-24-28-44-42(31-37)46-40-19-11-10-16-35(40)23-29-45(46)48-44/h1-31H. The van der Waals surface area contributed by atoms with E-state index in [-0.39, 0.29) is 0 Å². The molecule has 0 amide bonds. The van der Waals surface area contributed by atoms with E-state index in [4.69, 9.17) is 4.42 Å². The van der Waals surface area contributed by atoms with Crippen molar-refractivity contribution < 1.29 is 4.42 Å². The molecule has 1 aromatic heterocycles. The third kappa shape index (κ3) is 4.92. The van der Waals surface area contributed by atoms with E-state index in [1.165, 1.54) is 27.3 Å². The summed E-state index contributed by atoms with van der Waals surface area (Å²) in [6.45, 7) is 0. The number of rotatable bonds is 6. The lowest BCUT2D eigenvalue weighted by Gasteiger charge is -2.28. The van der Waals surface area contributed by atoms with Crippen molar-refractivity contribution in [2.45, 2.75) is 0 Å². The van der Waals surface area contributed by atoms with Gasteiger partial charge in [0.25, 0.3) is 0 Å². The summed E-state index contributed by atoms with van der Waals surface area (Å²) in [4.78, 5) is 2.36. The summed E-state index contributed by atoms with van der Waals surface area (Å²) in [5, 5.41) is 4.72. The van der Waals surface area contributed by atoms with E-state index in [2.05, 4.69) is 193 Å². The molecule has 0 radical (unpaired) electrons. The Morgan fingerprint density at radius 1 is 0.354 bits per heavy atom. The molecule has 0 aliphatic heterocycles. The topological polar surface area (TPSA) is 16.4 Å². The molecule has 2 heteroatoms. The Labute approximate surface area is 279 Å². The fraction of sp³-hybridized carbons (Fsp3) is 0. The van der Waals surface area contributed by atoms with E-state index >= 15 is 0 Å². The number of hydrogen-bond acceptors (Lipinski definition) is 2. The van der Waals surface area contributed by atoms with Gasteiger partial charge in [-0.15, -0.1) is 0 Å². The number of para-hydroxylation sites is 1. The Hall–Kier alpha value is -6.38. The molecule has 9 rings (SSSR count). The van der Waals surface area contributed by atoms with Crippen LogP contribution in [0.3, 0.4) is 0 Å². The van der Waals surface area contributed by atoms with E-state index in [1.54, 1.807) is 0 Å². The molecule has 0 aliphatic rings. The second-order valence-electron chi connectivity index (χ2n) is 12.2. The van der Waals surface area contributed by atoms with E-state index in [9.17, 15) is 0 Å². The zero-order chi connectivity index (χ0) is 31.9. The molecule has 0 spiro atoms. The van der Waals surface area contributed by atoms with E-state index in [0.29, 0.717) is 0 Å². The van der Waals surface area contributed by atoms with Gasteiger partial charge in [-0.3, -0.25) is 0 Å². The van der Waals surface area contributed by atoms with Crippen LogP contribution in [0.2, 0.25) is 0 Å². The molecule has 0 aliphatic carbocycles. The molecule has 0 saturated carbocycles. The Morgan fingerprint density at radius 2 is 0.917 bits per heavy atom. The van der Waals surface area contributed by atoms with Gasteiger partial charge >= 0.3 is 0 Å². The highest BCUT2D eigenvalue weighted by atomic mass is 16.3. The predicted octanol–water partition coefficient (Wildman–Crippen LogP) is 13.2. The SMILES string of the molecule is c1ccc(-c2ccc(N(c3ccccc3)c3ccc(-c4ccc5oc6ccc7ccccc7c6c5c4)cc3-c3ccccc3)cc2)cc1. The van der Waals surface area contributed by atoms with Gasteiger partial charge in [0.2, 0.25) is 0 Å². The predicted molar refractivity (Wildman–Crippen MR) is 202 cm³/mol. The van der Waals surface area contributed by atoms with Gasteiger partial charge in [-0.05, 0) is 93.2 Å². The van der Waals surface area contributed by atoms with Crippen molar-refractivity contribution in [2.75, 3.05) is 4.90 Å². The Morgan fingerprint density at radius 3 is 1.69 bits per heavy atom. The van der Waals surface area contributed by atoms with Crippen LogP contribution in [0.25, 0.3) is 66.1 Å². The van der Waals surface area contributed by atoms with Crippen LogP contribution >= 0.6 is 0 Å². The first kappa shape index (κ1) is 27.9. The molecular formula is C46H31NO. The molecule has 48 heavy (non-hydrogen) atoms. The van der Waals surface area contributed by atoms with Crippen LogP contribution in [-0.2, 0) is 0 Å². The van der Waals surface area contributed by atoms with Crippen molar-refractivity contribution in [3.63, 3.8) is 0 Å². The number of furan rings is 1. The van der Waals surface area contributed by atoms with E-state index in [1.807, 2.05) is 0 Å². The molecule has 9 aromatic rings. The number of fused-ring (bicyclic) bond motifs is 5. The van der Waals surface area contributed by atoms with Crippen molar-refractivity contribution in [1.29, 1.82) is 0 Å². The lowest BCUT2D eigenvalue weighted by atomic mass is 9.95. The maximum absolute atomic E-state index is 6.32. The molecule has 0 unspecified atom stereocenters. The maximum atomic E-state index is 6.32. The van der Waals surface area contributed by atoms with Gasteiger partial charge in [-0.25, -0.2) is 0 Å². The van der Waals surface area contributed by atoms with E-state index in [0.717, 1.165) is 55.9 Å². The molecule has 0 saturated heterocycles. The summed E-state index contributed by atoms with van der Waals surface area (Å²) < 4.78 is 6.32. The highest BCUT2D eigenvalue weighted by molar-refractivity contribution is 6.19. The highest BCUT2D eigenvalue weighted by Gasteiger charge is 2.19. The number of nitrogens with zero attached hydrogens (tertiary/aromatic N) is 1. The van der Waals surface area contributed by atoms with E-state index < -0.39 is 0 Å². The molecule has 0 N–H and O–H groups in total. The third-order valence-corrected chi connectivity index (χ3v) is 9.26. The molecule has 226 valence electrons. The lowest BCUT2D eigenvalue weighted by Crippen LogP contribution is -2.11. The van der Waals surface area contributed by atoms with Crippen molar-refractivity contribution in [2.24, 2.45) is 0 Å². The average Bonchev–Trinajstić information content (AvgIpc) is 3.55. The van der Waals surface area contributed by atoms with Crippen molar-refractivity contribution in [3.8, 4) is 33.4 Å². The van der Waals surface area contributed by atoms with Gasteiger partial charge in [0.05, 0.1) is 5.69 Å². The zero-order valence-electron chi connectivity index (χ0n) is 26.3. The van der Waals surface area contributed by atoms with Crippen LogP contribution in [0.1, 0.15) is 0 Å². The summed E-state index contributed by atoms with van der Waals surface area (Å²) in [7, 11) is 0. The molecule has 0 bridgehead atoms. The third-order valence-electron chi connectivity index (χ3n) is 9.26. The van der Waals surface area contributed by atoms with Gasteiger partial charge in [-0.1, -0.05) is 133 Å². The van der Waals surface area contributed by atoms with Crippen LogP contribution in [0.5, 0.6) is 0 Å². The van der Waals surface area contributed by atoms with Crippen LogP contribution in [0.15, 0.2) is 192 Å². The van der Waals surface area contributed by atoms with Gasteiger partial charge in [0.15, 0.2) is 0 Å². The minimum atomic E-state index is 0.902. The van der Waals surface area contributed by atoms with Crippen molar-refractivity contribution in [3.05, 3.63) is 188 Å². The normalized spacial score (nSPS) is 11.3. The average molecular weight is 614 g/mol. The first-order valence-corrected chi connectivity index (χ1v) is 16.3. The van der Waals surface area contributed by atoms with Crippen LogP contribution in [0, 0.1) is 0 Å². The summed E-state index contributed by atoms with van der Waals surface area (Å²) in [6, 6.07) is 66.9. The van der Waals surface area contributed by atoms with Gasteiger partial charge < -0.3 is 9.32 Å². The van der Waals surface area contributed by atoms with Crippen molar-refractivity contribution in [1.82, 2.24) is 0 Å². The number of hydrogen-bond donors (Lipinski definition) is 0. The second kappa shape index (κ2) is 11.8. The zero-order valence-corrected chi connectivity index (χ0v) is 26.3. The molecule has 0 atom stereocenters.